The summed E-state index contributed by atoms with van der Waals surface area (Å²) in [5, 5.41) is 7.38. The van der Waals surface area contributed by atoms with E-state index in [2.05, 4.69) is 30.9 Å². The van der Waals surface area contributed by atoms with Crippen LogP contribution in [0.15, 0.2) is 14.3 Å². The number of aryl methyl sites for hydroxylation is 1. The van der Waals surface area contributed by atoms with E-state index in [0.717, 1.165) is 14.2 Å². The quantitative estimate of drug-likeness (QED) is 0.798. The first-order valence-corrected chi connectivity index (χ1v) is 5.91. The Balaban J connectivity index is 2.35. The van der Waals surface area contributed by atoms with E-state index >= 15 is 0 Å². The zero-order chi connectivity index (χ0) is 11.7. The Morgan fingerprint density at radius 1 is 1.56 bits per heavy atom. The fourth-order valence-corrected chi connectivity index (χ4v) is 2.51. The molecule has 0 aliphatic carbocycles. The highest BCUT2D eigenvalue weighted by molar-refractivity contribution is 9.11. The first-order valence-electron chi connectivity index (χ1n) is 4.30. The van der Waals surface area contributed by atoms with Gasteiger partial charge >= 0.3 is 11.9 Å². The smallest absolute Gasteiger partial charge is 0.396 e. The van der Waals surface area contributed by atoms with Crippen LogP contribution >= 0.6 is 27.3 Å². The summed E-state index contributed by atoms with van der Waals surface area (Å²) >= 11 is 4.87. The molecular formula is C9H7BrN2O3S. The number of halogens is 1. The van der Waals surface area contributed by atoms with Gasteiger partial charge in [0, 0.05) is 0 Å². The number of hydrogen-bond acceptors (Lipinski definition) is 6. The highest BCUT2D eigenvalue weighted by Crippen LogP contribution is 2.33. The average molecular weight is 303 g/mol. The van der Waals surface area contributed by atoms with Crippen molar-refractivity contribution in [2.24, 2.45) is 0 Å². The predicted octanol–water partition coefficient (Wildman–Crippen LogP) is 2.66. The van der Waals surface area contributed by atoms with Crippen molar-refractivity contribution < 1.29 is 13.9 Å². The molecule has 0 aliphatic rings. The summed E-state index contributed by atoms with van der Waals surface area (Å²) in [4.78, 5) is 11.9. The second kappa shape index (κ2) is 4.34. The summed E-state index contributed by atoms with van der Waals surface area (Å²) < 4.78 is 10.7. The highest BCUT2D eigenvalue weighted by atomic mass is 79.9. The Morgan fingerprint density at radius 2 is 2.31 bits per heavy atom. The molecule has 0 unspecified atom stereocenters. The lowest BCUT2D eigenvalue weighted by Crippen LogP contribution is -2.00. The van der Waals surface area contributed by atoms with Gasteiger partial charge in [-0.15, -0.1) is 21.5 Å². The van der Waals surface area contributed by atoms with Gasteiger partial charge in [0.15, 0.2) is 0 Å². The zero-order valence-electron chi connectivity index (χ0n) is 8.48. The summed E-state index contributed by atoms with van der Waals surface area (Å²) in [6.07, 6.45) is 0. The van der Waals surface area contributed by atoms with E-state index in [-0.39, 0.29) is 5.89 Å². The van der Waals surface area contributed by atoms with Crippen molar-refractivity contribution in [2.75, 3.05) is 7.11 Å². The monoisotopic (exact) mass is 302 g/mol. The third-order valence-electron chi connectivity index (χ3n) is 1.85. The summed E-state index contributed by atoms with van der Waals surface area (Å²) in [5.74, 6) is -0.454. The van der Waals surface area contributed by atoms with E-state index < -0.39 is 5.97 Å². The molecule has 5 nitrogen and oxygen atoms in total. The molecule has 2 rings (SSSR count). The number of thiophene rings is 1. The summed E-state index contributed by atoms with van der Waals surface area (Å²) in [6, 6.07) is 1.91. The molecule has 84 valence electrons. The first-order chi connectivity index (χ1) is 7.61. The topological polar surface area (TPSA) is 65.2 Å². The van der Waals surface area contributed by atoms with Crippen LogP contribution in [-0.4, -0.2) is 23.3 Å². The summed E-state index contributed by atoms with van der Waals surface area (Å²) in [6.45, 7) is 1.96. The molecule has 0 N–H and O–H groups in total. The lowest BCUT2D eigenvalue weighted by Gasteiger charge is -1.89. The van der Waals surface area contributed by atoms with Gasteiger partial charge in [-0.2, -0.15) is 0 Å². The standard InChI is InChI=1S/C9H7BrN2O3S/c1-4-3-5(16-6(4)10)7-11-12-8(15-7)9(13)14-2/h3H,1-2H3. The fraction of sp³-hybridized carbons (Fsp3) is 0.222. The number of esters is 1. The largest absolute Gasteiger partial charge is 0.462 e. The van der Waals surface area contributed by atoms with Gasteiger partial charge in [0.05, 0.1) is 15.8 Å². The molecule has 16 heavy (non-hydrogen) atoms. The molecule has 0 fully saturated rings. The Kier molecular flexibility index (Phi) is 3.06. The molecule has 0 bridgehead atoms. The molecule has 0 aromatic carbocycles. The Labute approximate surface area is 104 Å². The number of ether oxygens (including phenoxy) is 1. The molecule has 2 aromatic heterocycles. The van der Waals surface area contributed by atoms with Crippen LogP contribution in [0.3, 0.4) is 0 Å². The van der Waals surface area contributed by atoms with Crippen molar-refractivity contribution >= 4 is 33.2 Å². The maximum atomic E-state index is 11.1. The number of carbonyl (C=O) groups is 1. The molecule has 2 heterocycles. The van der Waals surface area contributed by atoms with Crippen LogP contribution in [0.25, 0.3) is 10.8 Å². The number of carbonyl (C=O) groups excluding carboxylic acids is 1. The van der Waals surface area contributed by atoms with Crippen molar-refractivity contribution in [2.45, 2.75) is 6.92 Å². The second-order valence-electron chi connectivity index (χ2n) is 2.97. The van der Waals surface area contributed by atoms with E-state index in [1.807, 2.05) is 13.0 Å². The van der Waals surface area contributed by atoms with Gasteiger partial charge in [0.1, 0.15) is 0 Å². The van der Waals surface area contributed by atoms with Crippen LogP contribution < -0.4 is 0 Å². The molecule has 7 heteroatoms. The SMILES string of the molecule is COC(=O)c1nnc(-c2cc(C)c(Br)s2)o1. The van der Waals surface area contributed by atoms with Crippen LogP contribution in [0, 0.1) is 6.92 Å². The van der Waals surface area contributed by atoms with E-state index in [9.17, 15) is 4.79 Å². The number of hydrogen-bond donors (Lipinski definition) is 0. The Morgan fingerprint density at radius 3 is 2.88 bits per heavy atom. The maximum Gasteiger partial charge on any atom is 0.396 e. The van der Waals surface area contributed by atoms with E-state index in [0.29, 0.717) is 5.89 Å². The second-order valence-corrected chi connectivity index (χ2v) is 5.34. The van der Waals surface area contributed by atoms with Crippen LogP contribution in [0.4, 0.5) is 0 Å². The minimum absolute atomic E-state index is 0.139. The molecule has 0 saturated carbocycles. The summed E-state index contributed by atoms with van der Waals surface area (Å²) in [7, 11) is 1.26. The molecule has 0 aliphatic heterocycles. The fourth-order valence-electron chi connectivity index (χ4n) is 1.06. The summed E-state index contributed by atoms with van der Waals surface area (Å²) in [5.41, 5.74) is 1.08. The van der Waals surface area contributed by atoms with Crippen molar-refractivity contribution in [3.05, 3.63) is 21.3 Å². The van der Waals surface area contributed by atoms with Gasteiger partial charge in [0.25, 0.3) is 5.89 Å². The van der Waals surface area contributed by atoms with Crippen molar-refractivity contribution in [3.8, 4) is 10.8 Å². The van der Waals surface area contributed by atoms with Gasteiger partial charge in [-0.3, -0.25) is 0 Å². The molecule has 0 spiro atoms. The zero-order valence-corrected chi connectivity index (χ0v) is 10.9. The Bertz CT molecular complexity index is 515. The van der Waals surface area contributed by atoms with Crippen LogP contribution in [-0.2, 0) is 4.74 Å². The molecule has 0 saturated heterocycles. The first kappa shape index (κ1) is 11.3. The average Bonchev–Trinajstić information content (AvgIpc) is 2.86. The normalized spacial score (nSPS) is 10.4. The molecule has 0 amide bonds. The molecular weight excluding hydrogens is 296 g/mol. The minimum atomic E-state index is -0.633. The van der Waals surface area contributed by atoms with Crippen LogP contribution in [0.5, 0.6) is 0 Å². The third kappa shape index (κ3) is 2.00. The number of nitrogens with zero attached hydrogens (tertiary/aromatic N) is 2. The predicted molar refractivity (Wildman–Crippen MR) is 61.4 cm³/mol. The van der Waals surface area contributed by atoms with Crippen molar-refractivity contribution in [1.82, 2.24) is 10.2 Å². The minimum Gasteiger partial charge on any atom is -0.462 e. The number of rotatable bonds is 2. The van der Waals surface area contributed by atoms with E-state index in [4.69, 9.17) is 4.42 Å². The van der Waals surface area contributed by atoms with Gasteiger partial charge in [0.2, 0.25) is 0 Å². The third-order valence-corrected chi connectivity index (χ3v) is 3.98. The highest BCUT2D eigenvalue weighted by Gasteiger charge is 2.17. The lowest BCUT2D eigenvalue weighted by molar-refractivity contribution is 0.0557. The van der Waals surface area contributed by atoms with Gasteiger partial charge in [-0.25, -0.2) is 4.79 Å². The maximum absolute atomic E-state index is 11.1. The van der Waals surface area contributed by atoms with E-state index in [1.165, 1.54) is 18.4 Å². The van der Waals surface area contributed by atoms with Gasteiger partial charge in [-0.05, 0) is 34.5 Å². The van der Waals surface area contributed by atoms with E-state index in [1.54, 1.807) is 0 Å². The van der Waals surface area contributed by atoms with Crippen molar-refractivity contribution in [3.63, 3.8) is 0 Å². The molecule has 0 atom stereocenters. The lowest BCUT2D eigenvalue weighted by atomic mass is 10.3. The van der Waals surface area contributed by atoms with Gasteiger partial charge < -0.3 is 9.15 Å². The molecule has 0 radical (unpaired) electrons. The Hall–Kier alpha value is -1.21. The van der Waals surface area contributed by atoms with Crippen molar-refractivity contribution in [1.29, 1.82) is 0 Å². The van der Waals surface area contributed by atoms with Crippen LogP contribution in [0.1, 0.15) is 16.2 Å². The molecule has 2 aromatic rings. The van der Waals surface area contributed by atoms with Crippen LogP contribution in [0.2, 0.25) is 0 Å². The number of aromatic nitrogens is 2. The van der Waals surface area contributed by atoms with Gasteiger partial charge in [-0.1, -0.05) is 0 Å². The number of methoxy groups -OCH3 is 1.